The molecule has 4 nitrogen and oxygen atoms in total. The van der Waals surface area contributed by atoms with Crippen molar-refractivity contribution >= 4 is 11.6 Å². The number of nitrogens with one attached hydrogen (secondary N) is 1. The summed E-state index contributed by atoms with van der Waals surface area (Å²) in [4.78, 5) is 0. The molecule has 0 saturated carbocycles. The van der Waals surface area contributed by atoms with E-state index in [-0.39, 0.29) is 11.7 Å². The summed E-state index contributed by atoms with van der Waals surface area (Å²) in [5.74, 6) is 0.800. The summed E-state index contributed by atoms with van der Waals surface area (Å²) in [7, 11) is 1.92. The van der Waals surface area contributed by atoms with E-state index in [1.165, 1.54) is 0 Å². The number of rotatable bonds is 4. The Labute approximate surface area is 130 Å². The van der Waals surface area contributed by atoms with Gasteiger partial charge in [-0.25, -0.2) is 0 Å². The smallest absolute Gasteiger partial charge is 0.142 e. The first-order chi connectivity index (χ1) is 10.2. The summed E-state index contributed by atoms with van der Waals surface area (Å²) in [5.41, 5.74) is 0.945. The molecule has 1 aromatic rings. The third kappa shape index (κ3) is 3.34. The largest absolute Gasteiger partial charge is 0.488 e. The molecule has 21 heavy (non-hydrogen) atoms. The van der Waals surface area contributed by atoms with Crippen LogP contribution in [-0.4, -0.2) is 38.6 Å². The van der Waals surface area contributed by atoms with Crippen molar-refractivity contribution in [1.82, 2.24) is 5.32 Å². The van der Waals surface area contributed by atoms with Crippen LogP contribution in [0.15, 0.2) is 18.2 Å². The predicted molar refractivity (Wildman–Crippen MR) is 82.0 cm³/mol. The summed E-state index contributed by atoms with van der Waals surface area (Å²) < 4.78 is 17.7. The normalized spacial score (nSPS) is 29.0. The lowest BCUT2D eigenvalue weighted by molar-refractivity contribution is -0.112. The molecule has 3 rings (SSSR count). The van der Waals surface area contributed by atoms with Gasteiger partial charge in [-0.2, -0.15) is 0 Å². The zero-order valence-electron chi connectivity index (χ0n) is 12.4. The SMILES string of the molecule is CNCc1cccc(Cl)c1OC1CCOC2(CCOC2)C1. The van der Waals surface area contributed by atoms with Crippen molar-refractivity contribution in [3.8, 4) is 5.75 Å². The van der Waals surface area contributed by atoms with E-state index in [2.05, 4.69) is 5.32 Å². The molecule has 1 aromatic carbocycles. The zero-order valence-corrected chi connectivity index (χ0v) is 13.1. The third-order valence-electron chi connectivity index (χ3n) is 4.22. The van der Waals surface area contributed by atoms with Gasteiger partial charge in [0, 0.05) is 38.0 Å². The monoisotopic (exact) mass is 311 g/mol. The molecule has 5 heteroatoms. The van der Waals surface area contributed by atoms with Crippen molar-refractivity contribution < 1.29 is 14.2 Å². The number of hydrogen-bond acceptors (Lipinski definition) is 4. The van der Waals surface area contributed by atoms with Gasteiger partial charge in [0.2, 0.25) is 0 Å². The van der Waals surface area contributed by atoms with Crippen LogP contribution in [0.3, 0.4) is 0 Å². The summed E-state index contributed by atoms with van der Waals surface area (Å²) in [6.07, 6.45) is 2.86. The Hall–Kier alpha value is -0.810. The maximum atomic E-state index is 6.33. The number of para-hydroxylation sites is 1. The second-order valence-electron chi connectivity index (χ2n) is 5.83. The van der Waals surface area contributed by atoms with Crippen LogP contribution in [0.2, 0.25) is 5.02 Å². The summed E-state index contributed by atoms with van der Waals surface area (Å²) in [5, 5.41) is 3.83. The van der Waals surface area contributed by atoms with Gasteiger partial charge in [-0.15, -0.1) is 0 Å². The molecule has 2 aliphatic heterocycles. The zero-order chi connectivity index (χ0) is 14.7. The Morgan fingerprint density at radius 1 is 1.43 bits per heavy atom. The van der Waals surface area contributed by atoms with E-state index >= 15 is 0 Å². The average molecular weight is 312 g/mol. The van der Waals surface area contributed by atoms with Crippen LogP contribution in [0.5, 0.6) is 5.75 Å². The van der Waals surface area contributed by atoms with Gasteiger partial charge >= 0.3 is 0 Å². The average Bonchev–Trinajstić information content (AvgIpc) is 2.91. The Balaban J connectivity index is 1.74. The Bertz CT molecular complexity index is 488. The van der Waals surface area contributed by atoms with Crippen molar-refractivity contribution in [2.75, 3.05) is 26.9 Å². The van der Waals surface area contributed by atoms with Crippen molar-refractivity contribution in [1.29, 1.82) is 0 Å². The highest BCUT2D eigenvalue weighted by atomic mass is 35.5. The molecule has 1 N–H and O–H groups in total. The number of benzene rings is 1. The van der Waals surface area contributed by atoms with Crippen LogP contribution >= 0.6 is 11.6 Å². The van der Waals surface area contributed by atoms with Gasteiger partial charge in [0.15, 0.2) is 0 Å². The van der Waals surface area contributed by atoms with Crippen LogP contribution in [0.1, 0.15) is 24.8 Å². The molecule has 0 bridgehead atoms. The first-order valence-corrected chi connectivity index (χ1v) is 7.91. The standard InChI is InChI=1S/C16H22ClNO3/c1-18-10-12-3-2-4-14(17)15(12)21-13-5-7-20-16(9-13)6-8-19-11-16/h2-4,13,18H,5-11H2,1H3. The molecule has 116 valence electrons. The molecule has 2 unspecified atom stereocenters. The highest BCUT2D eigenvalue weighted by Gasteiger charge is 2.42. The van der Waals surface area contributed by atoms with Crippen molar-refractivity contribution in [2.45, 2.75) is 37.5 Å². The second-order valence-corrected chi connectivity index (χ2v) is 6.23. The predicted octanol–water partition coefficient (Wildman–Crippen LogP) is 2.78. The van der Waals surface area contributed by atoms with Gasteiger partial charge in [0.1, 0.15) is 11.9 Å². The van der Waals surface area contributed by atoms with Crippen molar-refractivity contribution in [3.63, 3.8) is 0 Å². The van der Waals surface area contributed by atoms with Gasteiger partial charge in [0.25, 0.3) is 0 Å². The van der Waals surface area contributed by atoms with Gasteiger partial charge in [-0.3, -0.25) is 0 Å². The molecule has 2 saturated heterocycles. The minimum absolute atomic E-state index is 0.135. The maximum absolute atomic E-state index is 6.33. The van der Waals surface area contributed by atoms with Gasteiger partial charge in [-0.05, 0) is 13.1 Å². The molecular formula is C16H22ClNO3. The molecule has 2 aliphatic rings. The first-order valence-electron chi connectivity index (χ1n) is 7.53. The molecule has 0 radical (unpaired) electrons. The Kier molecular flexibility index (Phi) is 4.69. The van der Waals surface area contributed by atoms with Crippen molar-refractivity contribution in [2.24, 2.45) is 0 Å². The highest BCUT2D eigenvalue weighted by molar-refractivity contribution is 6.32. The van der Waals surface area contributed by atoms with Crippen LogP contribution in [0, 0.1) is 0 Å². The Morgan fingerprint density at radius 2 is 2.33 bits per heavy atom. The number of hydrogen-bond donors (Lipinski definition) is 1. The van der Waals surface area contributed by atoms with Gasteiger partial charge < -0.3 is 19.5 Å². The highest BCUT2D eigenvalue weighted by Crippen LogP contribution is 2.37. The van der Waals surface area contributed by atoms with E-state index < -0.39 is 0 Å². The Morgan fingerprint density at radius 3 is 3.10 bits per heavy atom. The lowest BCUT2D eigenvalue weighted by Crippen LogP contribution is -2.44. The molecular weight excluding hydrogens is 290 g/mol. The van der Waals surface area contributed by atoms with E-state index in [0.717, 1.165) is 50.3 Å². The fourth-order valence-electron chi connectivity index (χ4n) is 3.13. The third-order valence-corrected chi connectivity index (χ3v) is 4.51. The van der Waals surface area contributed by atoms with Crippen LogP contribution in [-0.2, 0) is 16.0 Å². The molecule has 2 atom stereocenters. The van der Waals surface area contributed by atoms with E-state index in [0.29, 0.717) is 11.6 Å². The van der Waals surface area contributed by atoms with Gasteiger partial charge in [-0.1, -0.05) is 23.7 Å². The van der Waals surface area contributed by atoms with E-state index in [1.54, 1.807) is 0 Å². The molecule has 1 spiro atoms. The van der Waals surface area contributed by atoms with Crippen LogP contribution in [0.4, 0.5) is 0 Å². The van der Waals surface area contributed by atoms with Crippen LogP contribution < -0.4 is 10.1 Å². The quantitative estimate of drug-likeness (QED) is 0.928. The fraction of sp³-hybridized carbons (Fsp3) is 0.625. The van der Waals surface area contributed by atoms with Gasteiger partial charge in [0.05, 0.1) is 23.8 Å². The van der Waals surface area contributed by atoms with Crippen molar-refractivity contribution in [3.05, 3.63) is 28.8 Å². The molecule has 0 aliphatic carbocycles. The summed E-state index contributed by atoms with van der Waals surface area (Å²) in [6, 6.07) is 5.88. The maximum Gasteiger partial charge on any atom is 0.142 e. The topological polar surface area (TPSA) is 39.7 Å². The minimum Gasteiger partial charge on any atom is -0.488 e. The first kappa shape index (κ1) is 15.1. The lowest BCUT2D eigenvalue weighted by atomic mass is 9.91. The fourth-order valence-corrected chi connectivity index (χ4v) is 3.37. The molecule has 0 amide bonds. The number of ether oxygens (including phenoxy) is 3. The van der Waals surface area contributed by atoms with Crippen LogP contribution in [0.25, 0.3) is 0 Å². The molecule has 0 aromatic heterocycles. The van der Waals surface area contributed by atoms with E-state index in [1.807, 2.05) is 25.2 Å². The molecule has 2 heterocycles. The summed E-state index contributed by atoms with van der Waals surface area (Å²) >= 11 is 6.33. The van der Waals surface area contributed by atoms with E-state index in [9.17, 15) is 0 Å². The number of halogens is 1. The van der Waals surface area contributed by atoms with E-state index in [4.69, 9.17) is 25.8 Å². The molecule has 2 fully saturated rings. The summed E-state index contributed by atoms with van der Waals surface area (Å²) in [6.45, 7) is 2.93. The second kappa shape index (κ2) is 6.53. The minimum atomic E-state index is -0.145. The lowest BCUT2D eigenvalue weighted by Gasteiger charge is -2.37.